The summed E-state index contributed by atoms with van der Waals surface area (Å²) in [6, 6.07) is 12.4. The SMILES string of the molecule is O=C(/C=C/c1cc2ccc(F)cc2n1CC1CCCCC1)Nc1cccc2c1CCC(=O)N2. The number of carbonyl (C=O) groups excluding carboxylic acids is 2. The number of nitrogens with zero attached hydrogens (tertiary/aromatic N) is 1. The van der Waals surface area contributed by atoms with Crippen LogP contribution in [-0.2, 0) is 22.6 Å². The van der Waals surface area contributed by atoms with Gasteiger partial charge in [0.1, 0.15) is 5.82 Å². The van der Waals surface area contributed by atoms with Crippen molar-refractivity contribution < 1.29 is 14.0 Å². The molecule has 2 amide bonds. The fourth-order valence-corrected chi connectivity index (χ4v) is 5.10. The van der Waals surface area contributed by atoms with Crippen LogP contribution < -0.4 is 10.6 Å². The highest BCUT2D eigenvalue weighted by molar-refractivity contribution is 6.04. The van der Waals surface area contributed by atoms with Crippen LogP contribution in [-0.4, -0.2) is 16.4 Å². The van der Waals surface area contributed by atoms with Gasteiger partial charge in [0.25, 0.3) is 0 Å². The van der Waals surface area contributed by atoms with Crippen LogP contribution >= 0.6 is 0 Å². The zero-order valence-corrected chi connectivity index (χ0v) is 18.6. The lowest BCUT2D eigenvalue weighted by atomic mass is 9.89. The normalized spacial score (nSPS) is 16.7. The number of halogens is 1. The third-order valence-electron chi connectivity index (χ3n) is 6.78. The average Bonchev–Trinajstić information content (AvgIpc) is 3.15. The Morgan fingerprint density at radius 1 is 1.12 bits per heavy atom. The maximum Gasteiger partial charge on any atom is 0.248 e. The van der Waals surface area contributed by atoms with Crippen molar-refractivity contribution in [2.24, 2.45) is 5.92 Å². The first kappa shape index (κ1) is 21.4. The maximum atomic E-state index is 14.0. The van der Waals surface area contributed by atoms with Gasteiger partial charge in [-0.2, -0.15) is 0 Å². The molecule has 1 aliphatic carbocycles. The van der Waals surface area contributed by atoms with Gasteiger partial charge in [-0.3, -0.25) is 9.59 Å². The molecule has 1 aliphatic heterocycles. The molecule has 5 nitrogen and oxygen atoms in total. The minimum atomic E-state index is -0.250. The zero-order chi connectivity index (χ0) is 22.8. The van der Waals surface area contributed by atoms with Crippen molar-refractivity contribution in [3.63, 3.8) is 0 Å². The van der Waals surface area contributed by atoms with Crippen molar-refractivity contribution in [3.8, 4) is 0 Å². The van der Waals surface area contributed by atoms with Crippen LogP contribution in [0.4, 0.5) is 15.8 Å². The summed E-state index contributed by atoms with van der Waals surface area (Å²) in [5, 5.41) is 6.78. The van der Waals surface area contributed by atoms with Crippen LogP contribution in [0.3, 0.4) is 0 Å². The highest BCUT2D eigenvalue weighted by Gasteiger charge is 2.19. The summed E-state index contributed by atoms with van der Waals surface area (Å²) in [5.41, 5.74) is 4.18. The number of hydrogen-bond donors (Lipinski definition) is 2. The summed E-state index contributed by atoms with van der Waals surface area (Å²) >= 11 is 0. The van der Waals surface area contributed by atoms with Gasteiger partial charge in [-0.1, -0.05) is 25.3 Å². The molecule has 1 aromatic heterocycles. The molecule has 0 bridgehead atoms. The summed E-state index contributed by atoms with van der Waals surface area (Å²) in [4.78, 5) is 24.4. The number of amides is 2. The first-order chi connectivity index (χ1) is 16.1. The Hall–Kier alpha value is -3.41. The van der Waals surface area contributed by atoms with Gasteiger partial charge in [-0.15, -0.1) is 0 Å². The summed E-state index contributed by atoms with van der Waals surface area (Å²) in [7, 11) is 0. The van der Waals surface area contributed by atoms with Crippen molar-refractivity contribution in [3.05, 3.63) is 65.6 Å². The highest BCUT2D eigenvalue weighted by Crippen LogP contribution is 2.31. The Labute approximate surface area is 192 Å². The molecule has 0 atom stereocenters. The third-order valence-corrected chi connectivity index (χ3v) is 6.78. The van der Waals surface area contributed by atoms with Crippen LogP contribution in [0.5, 0.6) is 0 Å². The van der Waals surface area contributed by atoms with E-state index in [0.29, 0.717) is 24.4 Å². The number of nitrogens with one attached hydrogen (secondary N) is 2. The predicted molar refractivity (Wildman–Crippen MR) is 130 cm³/mol. The number of benzene rings is 2. The molecule has 1 saturated carbocycles. The molecule has 2 aromatic carbocycles. The first-order valence-electron chi connectivity index (χ1n) is 11.8. The molecule has 2 N–H and O–H groups in total. The second kappa shape index (κ2) is 9.22. The zero-order valence-electron chi connectivity index (χ0n) is 18.6. The Balaban J connectivity index is 1.39. The third kappa shape index (κ3) is 4.70. The Morgan fingerprint density at radius 2 is 1.97 bits per heavy atom. The minimum Gasteiger partial charge on any atom is -0.341 e. The standard InChI is InChI=1S/C27H28FN3O2/c28-20-10-9-19-15-21(31(25(19)16-20)17-18-5-2-1-3-6-18)11-13-26(32)29-23-7-4-8-24-22(23)12-14-27(33)30-24/h4,7-11,13,15-16,18H,1-3,5-6,12,14,17H2,(H,29,32)(H,30,33)/b13-11+. The van der Waals surface area contributed by atoms with Gasteiger partial charge in [0.05, 0.1) is 5.52 Å². The largest absolute Gasteiger partial charge is 0.341 e. The van der Waals surface area contributed by atoms with E-state index in [4.69, 9.17) is 0 Å². The fraction of sp³-hybridized carbons (Fsp3) is 0.333. The van der Waals surface area contributed by atoms with Crippen molar-refractivity contribution in [1.29, 1.82) is 0 Å². The molecule has 0 saturated heterocycles. The van der Waals surface area contributed by atoms with E-state index in [9.17, 15) is 14.0 Å². The number of rotatable bonds is 5. The molecule has 5 rings (SSSR count). The molecule has 2 aliphatic rings. The van der Waals surface area contributed by atoms with E-state index in [1.165, 1.54) is 44.2 Å². The number of carbonyl (C=O) groups is 2. The quantitative estimate of drug-likeness (QED) is 0.481. The summed E-state index contributed by atoms with van der Waals surface area (Å²) in [6.07, 6.45) is 10.5. The lowest BCUT2D eigenvalue weighted by Crippen LogP contribution is -2.21. The molecule has 170 valence electrons. The van der Waals surface area contributed by atoms with Crippen molar-refractivity contribution in [2.75, 3.05) is 10.6 Å². The number of anilines is 2. The lowest BCUT2D eigenvalue weighted by Gasteiger charge is -2.23. The number of fused-ring (bicyclic) bond motifs is 2. The van der Waals surface area contributed by atoms with Gasteiger partial charge in [-0.05, 0) is 73.2 Å². The van der Waals surface area contributed by atoms with Crippen LogP contribution in [0, 0.1) is 11.7 Å². The van der Waals surface area contributed by atoms with Crippen molar-refractivity contribution in [1.82, 2.24) is 4.57 Å². The number of aromatic nitrogens is 1. The molecule has 2 heterocycles. The molecule has 0 spiro atoms. The second-order valence-electron chi connectivity index (χ2n) is 9.09. The Morgan fingerprint density at radius 3 is 2.82 bits per heavy atom. The van der Waals surface area contributed by atoms with Crippen LogP contribution in [0.1, 0.15) is 49.8 Å². The molecule has 33 heavy (non-hydrogen) atoms. The van der Waals surface area contributed by atoms with Gasteiger partial charge in [-0.25, -0.2) is 4.39 Å². The predicted octanol–water partition coefficient (Wildman–Crippen LogP) is 5.90. The topological polar surface area (TPSA) is 63.1 Å². The Kier molecular flexibility index (Phi) is 5.99. The van der Waals surface area contributed by atoms with Crippen LogP contribution in [0.15, 0.2) is 48.5 Å². The molecular weight excluding hydrogens is 417 g/mol. The first-order valence-corrected chi connectivity index (χ1v) is 11.8. The summed E-state index contributed by atoms with van der Waals surface area (Å²) < 4.78 is 16.2. The van der Waals surface area contributed by atoms with Gasteiger partial charge in [0, 0.05) is 41.5 Å². The van der Waals surface area contributed by atoms with E-state index in [1.54, 1.807) is 12.1 Å². The smallest absolute Gasteiger partial charge is 0.248 e. The molecule has 1 fully saturated rings. The van der Waals surface area contributed by atoms with Crippen LogP contribution in [0.25, 0.3) is 17.0 Å². The fourth-order valence-electron chi connectivity index (χ4n) is 5.10. The van der Waals surface area contributed by atoms with Crippen molar-refractivity contribution >= 4 is 40.2 Å². The Bertz CT molecular complexity index is 1240. The maximum absolute atomic E-state index is 14.0. The van der Waals surface area contributed by atoms with E-state index in [-0.39, 0.29) is 17.6 Å². The molecule has 0 unspecified atom stereocenters. The monoisotopic (exact) mass is 445 g/mol. The molecule has 3 aromatic rings. The number of hydrogen-bond acceptors (Lipinski definition) is 2. The van der Waals surface area contributed by atoms with Gasteiger partial charge < -0.3 is 15.2 Å². The van der Waals surface area contributed by atoms with Crippen LogP contribution in [0.2, 0.25) is 0 Å². The van der Waals surface area contributed by atoms with E-state index in [0.717, 1.165) is 34.4 Å². The summed E-state index contributed by atoms with van der Waals surface area (Å²) in [6.45, 7) is 0.833. The van der Waals surface area contributed by atoms with Gasteiger partial charge in [0.15, 0.2) is 0 Å². The van der Waals surface area contributed by atoms with Crippen molar-refractivity contribution in [2.45, 2.75) is 51.5 Å². The molecule has 0 radical (unpaired) electrons. The lowest BCUT2D eigenvalue weighted by molar-refractivity contribution is -0.116. The molecular formula is C27H28FN3O2. The minimum absolute atomic E-state index is 0.00639. The summed E-state index contributed by atoms with van der Waals surface area (Å²) in [5.74, 6) is 0.0819. The highest BCUT2D eigenvalue weighted by atomic mass is 19.1. The average molecular weight is 446 g/mol. The van der Waals surface area contributed by atoms with E-state index >= 15 is 0 Å². The van der Waals surface area contributed by atoms with E-state index in [2.05, 4.69) is 15.2 Å². The van der Waals surface area contributed by atoms with Gasteiger partial charge >= 0.3 is 0 Å². The van der Waals surface area contributed by atoms with Gasteiger partial charge in [0.2, 0.25) is 11.8 Å². The molecule has 6 heteroatoms. The van der Waals surface area contributed by atoms with E-state index in [1.807, 2.05) is 30.3 Å². The van der Waals surface area contributed by atoms with E-state index < -0.39 is 0 Å². The second-order valence-corrected chi connectivity index (χ2v) is 9.09.